The van der Waals surface area contributed by atoms with E-state index in [0.717, 1.165) is 22.4 Å². The molecule has 0 aliphatic carbocycles. The Kier molecular flexibility index (Phi) is 5.10. The molecule has 0 amide bonds. The average Bonchev–Trinajstić information content (AvgIpc) is 2.69. The fourth-order valence-electron chi connectivity index (χ4n) is 4.62. The number of aryl methyl sites for hydroxylation is 2. The van der Waals surface area contributed by atoms with Gasteiger partial charge in [-0.3, -0.25) is 9.69 Å². The molecule has 4 rings (SSSR count). The third-order valence-corrected chi connectivity index (χ3v) is 6.21. The van der Waals surface area contributed by atoms with Gasteiger partial charge < -0.3 is 19.5 Å². The zero-order valence-corrected chi connectivity index (χ0v) is 18.6. The molecule has 3 atom stereocenters. The molecule has 0 spiro atoms. The van der Waals surface area contributed by atoms with E-state index in [2.05, 4.69) is 5.32 Å². The van der Waals surface area contributed by atoms with Crippen LogP contribution in [0.2, 0.25) is 0 Å². The minimum absolute atomic E-state index is 0.289. The molecule has 2 aliphatic rings. The first-order valence-electron chi connectivity index (χ1n) is 10.0. The number of esters is 1. The van der Waals surface area contributed by atoms with Crippen molar-refractivity contribution in [3.8, 4) is 11.5 Å². The number of nitrogens with zero attached hydrogens (tertiary/aromatic N) is 1. The molecular weight excluding hydrogens is 400 g/mol. The highest BCUT2D eigenvalue weighted by Crippen LogP contribution is 2.53. The molecule has 30 heavy (non-hydrogen) atoms. The van der Waals surface area contributed by atoms with Gasteiger partial charge in [-0.2, -0.15) is 0 Å². The molecule has 0 aromatic heterocycles. The standard InChI is InChI=1S/C23H26N2O4S/c1-6-28-21(26)17-18-15-11-8-12-16(27-5)20(15)29-23(17,4)25(22(30)24-18)19-13(2)9-7-10-14(19)3/h7-12,17-18H,6H2,1-5H3,(H,24,30)/t17-,18+,23+/m1/s1. The second-order valence-corrected chi connectivity index (χ2v) is 8.15. The van der Waals surface area contributed by atoms with Crippen LogP contribution < -0.4 is 19.7 Å². The lowest BCUT2D eigenvalue weighted by atomic mass is 9.79. The van der Waals surface area contributed by atoms with Crippen molar-refractivity contribution < 1.29 is 19.0 Å². The van der Waals surface area contributed by atoms with Crippen molar-refractivity contribution in [1.29, 1.82) is 0 Å². The smallest absolute Gasteiger partial charge is 0.317 e. The summed E-state index contributed by atoms with van der Waals surface area (Å²) in [5.41, 5.74) is 2.72. The molecular formula is C23H26N2O4S. The van der Waals surface area contributed by atoms with Crippen LogP contribution in [0.4, 0.5) is 5.69 Å². The number of hydrogen-bond acceptors (Lipinski definition) is 5. The van der Waals surface area contributed by atoms with Crippen molar-refractivity contribution in [3.63, 3.8) is 0 Å². The van der Waals surface area contributed by atoms with Crippen LogP contribution in [0.5, 0.6) is 11.5 Å². The molecule has 2 aromatic carbocycles. The monoisotopic (exact) mass is 426 g/mol. The van der Waals surface area contributed by atoms with E-state index in [9.17, 15) is 4.79 Å². The Hall–Kier alpha value is -2.80. The number of hydrogen-bond donors (Lipinski definition) is 1. The summed E-state index contributed by atoms with van der Waals surface area (Å²) in [5, 5.41) is 3.90. The van der Waals surface area contributed by atoms with E-state index in [0.29, 0.717) is 16.6 Å². The molecule has 158 valence electrons. The molecule has 1 fully saturated rings. The first-order valence-corrected chi connectivity index (χ1v) is 10.4. The largest absolute Gasteiger partial charge is 0.493 e. The summed E-state index contributed by atoms with van der Waals surface area (Å²) in [5.74, 6) is 0.258. The number of carbonyl (C=O) groups is 1. The quantitative estimate of drug-likeness (QED) is 0.585. The Labute approximate surface area is 182 Å². The molecule has 2 bridgehead atoms. The van der Waals surface area contributed by atoms with Gasteiger partial charge in [0.25, 0.3) is 0 Å². The number of para-hydroxylation sites is 2. The van der Waals surface area contributed by atoms with Gasteiger partial charge in [0.15, 0.2) is 16.6 Å². The SMILES string of the molecule is CCOC(=O)[C@H]1[C@H]2NC(=S)N(c3c(C)cccc3C)[C@@]1(C)Oc1c(OC)cccc12. The van der Waals surface area contributed by atoms with E-state index in [4.69, 9.17) is 26.4 Å². The van der Waals surface area contributed by atoms with E-state index in [-0.39, 0.29) is 18.6 Å². The van der Waals surface area contributed by atoms with E-state index in [1.807, 2.05) is 62.1 Å². The van der Waals surface area contributed by atoms with Crippen LogP contribution in [0, 0.1) is 19.8 Å². The number of nitrogens with one attached hydrogen (secondary N) is 1. The molecule has 7 heteroatoms. The van der Waals surface area contributed by atoms with Crippen LogP contribution in [0.1, 0.15) is 36.6 Å². The third-order valence-electron chi connectivity index (χ3n) is 5.91. The van der Waals surface area contributed by atoms with Crippen molar-refractivity contribution in [2.24, 2.45) is 5.92 Å². The summed E-state index contributed by atoms with van der Waals surface area (Å²) >= 11 is 5.80. The maximum atomic E-state index is 13.2. The van der Waals surface area contributed by atoms with Crippen LogP contribution in [0.25, 0.3) is 0 Å². The van der Waals surface area contributed by atoms with Gasteiger partial charge in [-0.05, 0) is 57.1 Å². The van der Waals surface area contributed by atoms with E-state index >= 15 is 0 Å². The molecule has 2 aliphatic heterocycles. The van der Waals surface area contributed by atoms with Gasteiger partial charge in [0.05, 0.1) is 25.4 Å². The average molecular weight is 427 g/mol. The molecule has 2 aromatic rings. The van der Waals surface area contributed by atoms with Crippen molar-refractivity contribution in [3.05, 3.63) is 53.1 Å². The first kappa shape index (κ1) is 20.5. The van der Waals surface area contributed by atoms with Crippen molar-refractivity contribution in [2.45, 2.75) is 39.5 Å². The van der Waals surface area contributed by atoms with Gasteiger partial charge in [-0.25, -0.2) is 0 Å². The molecule has 0 unspecified atom stereocenters. The minimum Gasteiger partial charge on any atom is -0.493 e. The van der Waals surface area contributed by atoms with Crippen LogP contribution in [0.3, 0.4) is 0 Å². The number of methoxy groups -OCH3 is 1. The number of anilines is 1. The molecule has 6 nitrogen and oxygen atoms in total. The van der Waals surface area contributed by atoms with Gasteiger partial charge in [0, 0.05) is 5.56 Å². The van der Waals surface area contributed by atoms with E-state index in [1.54, 1.807) is 14.0 Å². The fraction of sp³-hybridized carbons (Fsp3) is 0.391. The third kappa shape index (κ3) is 2.91. The lowest BCUT2D eigenvalue weighted by Gasteiger charge is -2.56. The number of carbonyl (C=O) groups excluding carboxylic acids is 1. The number of rotatable bonds is 4. The summed E-state index contributed by atoms with van der Waals surface area (Å²) < 4.78 is 17.6. The van der Waals surface area contributed by atoms with Gasteiger partial charge in [0.1, 0.15) is 5.92 Å². The second-order valence-electron chi connectivity index (χ2n) is 7.77. The summed E-state index contributed by atoms with van der Waals surface area (Å²) in [6, 6.07) is 11.3. The lowest BCUT2D eigenvalue weighted by Crippen LogP contribution is -2.72. The van der Waals surface area contributed by atoms with Crippen LogP contribution in [0.15, 0.2) is 36.4 Å². The second kappa shape index (κ2) is 7.47. The Morgan fingerprint density at radius 1 is 1.23 bits per heavy atom. The molecule has 0 radical (unpaired) electrons. The minimum atomic E-state index is -1.10. The van der Waals surface area contributed by atoms with Crippen LogP contribution in [-0.4, -0.2) is 30.5 Å². The fourth-order valence-corrected chi connectivity index (χ4v) is 5.02. The summed E-state index contributed by atoms with van der Waals surface area (Å²) in [6.45, 7) is 8.04. The maximum Gasteiger partial charge on any atom is 0.317 e. The van der Waals surface area contributed by atoms with Gasteiger partial charge >= 0.3 is 5.97 Å². The molecule has 2 heterocycles. The van der Waals surface area contributed by atoms with Gasteiger partial charge in [-0.1, -0.05) is 30.3 Å². The molecule has 1 saturated heterocycles. The van der Waals surface area contributed by atoms with Crippen LogP contribution >= 0.6 is 12.2 Å². The topological polar surface area (TPSA) is 60.0 Å². The normalized spacial score (nSPS) is 24.4. The van der Waals surface area contributed by atoms with Crippen molar-refractivity contribution in [1.82, 2.24) is 5.32 Å². The maximum absolute atomic E-state index is 13.2. The van der Waals surface area contributed by atoms with Crippen molar-refractivity contribution >= 4 is 29.0 Å². The number of ether oxygens (including phenoxy) is 3. The summed E-state index contributed by atoms with van der Waals surface area (Å²) in [7, 11) is 1.61. The van der Waals surface area contributed by atoms with Gasteiger partial charge in [-0.15, -0.1) is 0 Å². The highest BCUT2D eigenvalue weighted by atomic mass is 32.1. The number of fused-ring (bicyclic) bond motifs is 4. The Balaban J connectivity index is 1.97. The molecule has 1 N–H and O–H groups in total. The van der Waals surface area contributed by atoms with Gasteiger partial charge in [0.2, 0.25) is 5.72 Å². The zero-order chi connectivity index (χ0) is 21.6. The van der Waals surface area contributed by atoms with E-state index in [1.165, 1.54) is 0 Å². The number of thiocarbonyl (C=S) groups is 1. The summed E-state index contributed by atoms with van der Waals surface area (Å²) in [4.78, 5) is 15.1. The van der Waals surface area contributed by atoms with Crippen molar-refractivity contribution in [2.75, 3.05) is 18.6 Å². The van der Waals surface area contributed by atoms with E-state index < -0.39 is 11.6 Å². The van der Waals surface area contributed by atoms with Crippen LogP contribution in [-0.2, 0) is 9.53 Å². The lowest BCUT2D eigenvalue weighted by molar-refractivity contribution is -0.159. The summed E-state index contributed by atoms with van der Waals surface area (Å²) in [6.07, 6.45) is 0. The number of benzene rings is 2. The predicted molar refractivity (Wildman–Crippen MR) is 119 cm³/mol. The Morgan fingerprint density at radius 3 is 2.53 bits per heavy atom. The Bertz CT molecular complexity index is 1000. The predicted octanol–water partition coefficient (Wildman–Crippen LogP) is 4.04. The highest BCUT2D eigenvalue weighted by Gasteiger charge is 2.60. The Morgan fingerprint density at radius 2 is 1.90 bits per heavy atom. The zero-order valence-electron chi connectivity index (χ0n) is 17.8. The first-order chi connectivity index (χ1) is 14.3. The molecule has 0 saturated carbocycles. The highest BCUT2D eigenvalue weighted by molar-refractivity contribution is 7.80.